The van der Waals surface area contributed by atoms with Crippen LogP contribution in [0.4, 0.5) is 0 Å². The van der Waals surface area contributed by atoms with Crippen LogP contribution in [0.3, 0.4) is 0 Å². The first-order valence-corrected chi connectivity index (χ1v) is 8.35. The van der Waals surface area contributed by atoms with Gasteiger partial charge in [-0.3, -0.25) is 4.79 Å². The van der Waals surface area contributed by atoms with E-state index in [1.807, 2.05) is 11.8 Å². The van der Waals surface area contributed by atoms with Crippen molar-refractivity contribution in [3.05, 3.63) is 21.4 Å². The van der Waals surface area contributed by atoms with Crippen LogP contribution < -0.4 is 0 Å². The number of aliphatic hydroxyl groups is 1. The Kier molecular flexibility index (Phi) is 4.86. The standard InChI is InChI=1S/C16H25NO2S/c1-4-6-13-11-14(20-12(13)2)15(18)17-9-5-7-16(3,19)8-10-17/h11,19H,4-10H2,1-3H3. The molecule has 0 aromatic carbocycles. The second kappa shape index (κ2) is 6.27. The molecule has 0 bridgehead atoms. The third kappa shape index (κ3) is 3.61. The number of carbonyl (C=O) groups excluding carboxylic acids is 1. The summed E-state index contributed by atoms with van der Waals surface area (Å²) in [5, 5.41) is 10.1. The molecule has 1 aromatic rings. The Hall–Kier alpha value is -0.870. The molecule has 1 saturated heterocycles. The lowest BCUT2D eigenvalue weighted by atomic mass is 9.98. The molecule has 1 fully saturated rings. The zero-order valence-corrected chi connectivity index (χ0v) is 13.6. The Morgan fingerprint density at radius 2 is 2.20 bits per heavy atom. The van der Waals surface area contributed by atoms with Crippen molar-refractivity contribution >= 4 is 17.2 Å². The number of thiophene rings is 1. The molecule has 1 aromatic heterocycles. The first-order chi connectivity index (χ1) is 9.43. The smallest absolute Gasteiger partial charge is 0.263 e. The number of amides is 1. The summed E-state index contributed by atoms with van der Waals surface area (Å²) in [4.78, 5) is 16.6. The molecule has 2 heterocycles. The lowest BCUT2D eigenvalue weighted by Gasteiger charge is -2.22. The first kappa shape index (κ1) is 15.5. The number of carbonyl (C=O) groups is 1. The van der Waals surface area contributed by atoms with E-state index in [0.717, 1.165) is 37.1 Å². The van der Waals surface area contributed by atoms with E-state index in [1.165, 1.54) is 10.4 Å². The zero-order valence-electron chi connectivity index (χ0n) is 12.7. The predicted molar refractivity (Wildman–Crippen MR) is 83.4 cm³/mol. The van der Waals surface area contributed by atoms with Crippen molar-refractivity contribution in [2.45, 2.75) is 58.5 Å². The number of likely N-dealkylation sites (tertiary alicyclic amines) is 1. The van der Waals surface area contributed by atoms with Crippen molar-refractivity contribution in [3.8, 4) is 0 Å². The van der Waals surface area contributed by atoms with Crippen LogP contribution in [0.25, 0.3) is 0 Å². The van der Waals surface area contributed by atoms with Crippen LogP contribution in [0.2, 0.25) is 0 Å². The fourth-order valence-corrected chi connectivity index (χ4v) is 3.80. The first-order valence-electron chi connectivity index (χ1n) is 7.54. The van der Waals surface area contributed by atoms with E-state index in [4.69, 9.17) is 0 Å². The van der Waals surface area contributed by atoms with E-state index in [9.17, 15) is 9.90 Å². The summed E-state index contributed by atoms with van der Waals surface area (Å²) >= 11 is 1.61. The maximum atomic E-state index is 12.6. The Bertz CT molecular complexity index is 479. The van der Waals surface area contributed by atoms with Crippen molar-refractivity contribution < 1.29 is 9.90 Å². The number of hydrogen-bond donors (Lipinski definition) is 1. The Morgan fingerprint density at radius 1 is 1.45 bits per heavy atom. The van der Waals surface area contributed by atoms with Crippen molar-refractivity contribution in [3.63, 3.8) is 0 Å². The van der Waals surface area contributed by atoms with Gasteiger partial charge < -0.3 is 10.0 Å². The zero-order chi connectivity index (χ0) is 14.8. The number of rotatable bonds is 3. The van der Waals surface area contributed by atoms with Gasteiger partial charge in [-0.05, 0) is 51.2 Å². The van der Waals surface area contributed by atoms with E-state index < -0.39 is 5.60 Å². The largest absolute Gasteiger partial charge is 0.390 e. The Balaban J connectivity index is 2.09. The summed E-state index contributed by atoms with van der Waals surface area (Å²) in [5.74, 6) is 0.137. The Labute approximate surface area is 125 Å². The highest BCUT2D eigenvalue weighted by Crippen LogP contribution is 2.27. The third-order valence-electron chi connectivity index (χ3n) is 4.10. The van der Waals surface area contributed by atoms with E-state index in [1.54, 1.807) is 11.3 Å². The fourth-order valence-electron chi connectivity index (χ4n) is 2.77. The van der Waals surface area contributed by atoms with Gasteiger partial charge in [-0.1, -0.05) is 13.3 Å². The van der Waals surface area contributed by atoms with Crippen molar-refractivity contribution in [1.29, 1.82) is 0 Å². The van der Waals surface area contributed by atoms with Crippen molar-refractivity contribution in [2.24, 2.45) is 0 Å². The van der Waals surface area contributed by atoms with Crippen LogP contribution >= 0.6 is 11.3 Å². The SMILES string of the molecule is CCCc1cc(C(=O)N2CCCC(C)(O)CC2)sc1C. The van der Waals surface area contributed by atoms with Gasteiger partial charge in [0.2, 0.25) is 0 Å². The normalized spacial score (nSPS) is 23.7. The predicted octanol–water partition coefficient (Wildman–Crippen LogP) is 3.39. The van der Waals surface area contributed by atoms with Crippen molar-refractivity contribution in [2.75, 3.05) is 13.1 Å². The highest BCUT2D eigenvalue weighted by atomic mass is 32.1. The molecular weight excluding hydrogens is 270 g/mol. The molecule has 20 heavy (non-hydrogen) atoms. The average Bonchev–Trinajstić information content (AvgIpc) is 2.64. The van der Waals surface area contributed by atoms with E-state index in [-0.39, 0.29) is 5.91 Å². The highest BCUT2D eigenvalue weighted by molar-refractivity contribution is 7.14. The molecule has 1 unspecified atom stereocenters. The van der Waals surface area contributed by atoms with Gasteiger partial charge in [-0.15, -0.1) is 11.3 Å². The van der Waals surface area contributed by atoms with E-state index >= 15 is 0 Å². The molecule has 1 amide bonds. The van der Waals surface area contributed by atoms with Gasteiger partial charge in [-0.2, -0.15) is 0 Å². The van der Waals surface area contributed by atoms with Crippen LogP contribution in [0.5, 0.6) is 0 Å². The van der Waals surface area contributed by atoms with Gasteiger partial charge >= 0.3 is 0 Å². The van der Waals surface area contributed by atoms with E-state index in [2.05, 4.69) is 19.9 Å². The maximum absolute atomic E-state index is 12.6. The summed E-state index contributed by atoms with van der Waals surface area (Å²) in [7, 11) is 0. The molecule has 0 spiro atoms. The molecule has 0 radical (unpaired) electrons. The topological polar surface area (TPSA) is 40.5 Å². The molecule has 1 aliphatic rings. The maximum Gasteiger partial charge on any atom is 0.263 e. The molecule has 0 saturated carbocycles. The average molecular weight is 295 g/mol. The van der Waals surface area contributed by atoms with Crippen LogP contribution in [-0.2, 0) is 6.42 Å². The summed E-state index contributed by atoms with van der Waals surface area (Å²) in [5.41, 5.74) is 0.691. The molecule has 0 aliphatic carbocycles. The van der Waals surface area contributed by atoms with Gasteiger partial charge in [0, 0.05) is 18.0 Å². The molecule has 2 rings (SSSR count). The second-order valence-corrected chi connectivity index (χ2v) is 7.34. The molecule has 1 atom stereocenters. The van der Waals surface area contributed by atoms with Crippen LogP contribution in [0, 0.1) is 6.92 Å². The minimum Gasteiger partial charge on any atom is -0.390 e. The molecule has 4 heteroatoms. The molecular formula is C16H25NO2S. The summed E-state index contributed by atoms with van der Waals surface area (Å²) < 4.78 is 0. The lowest BCUT2D eigenvalue weighted by molar-refractivity contribution is 0.0438. The van der Waals surface area contributed by atoms with Crippen molar-refractivity contribution in [1.82, 2.24) is 4.90 Å². The molecule has 3 nitrogen and oxygen atoms in total. The summed E-state index contributed by atoms with van der Waals surface area (Å²) in [6, 6.07) is 2.06. The lowest BCUT2D eigenvalue weighted by Crippen LogP contribution is -2.33. The molecule has 1 N–H and O–H groups in total. The fraction of sp³-hybridized carbons (Fsp3) is 0.688. The van der Waals surface area contributed by atoms with Gasteiger partial charge in [0.05, 0.1) is 10.5 Å². The van der Waals surface area contributed by atoms with Crippen LogP contribution in [-0.4, -0.2) is 34.6 Å². The minimum atomic E-state index is -0.617. The summed E-state index contributed by atoms with van der Waals surface area (Å²) in [6.07, 6.45) is 4.49. The van der Waals surface area contributed by atoms with Gasteiger partial charge in [0.15, 0.2) is 0 Å². The van der Waals surface area contributed by atoms with Crippen LogP contribution in [0.15, 0.2) is 6.07 Å². The molecule has 1 aliphatic heterocycles. The third-order valence-corrected chi connectivity index (χ3v) is 5.18. The van der Waals surface area contributed by atoms with E-state index in [0.29, 0.717) is 13.0 Å². The quantitative estimate of drug-likeness (QED) is 0.928. The Morgan fingerprint density at radius 3 is 2.90 bits per heavy atom. The molecule has 112 valence electrons. The van der Waals surface area contributed by atoms with Crippen LogP contribution in [0.1, 0.15) is 59.6 Å². The number of aryl methyl sites for hydroxylation is 2. The second-order valence-electron chi connectivity index (χ2n) is 6.08. The van der Waals surface area contributed by atoms with Gasteiger partial charge in [0.1, 0.15) is 0 Å². The monoisotopic (exact) mass is 295 g/mol. The highest BCUT2D eigenvalue weighted by Gasteiger charge is 2.28. The summed E-state index contributed by atoms with van der Waals surface area (Å²) in [6.45, 7) is 7.55. The minimum absolute atomic E-state index is 0.137. The number of nitrogens with zero attached hydrogens (tertiary/aromatic N) is 1. The van der Waals surface area contributed by atoms with Gasteiger partial charge in [-0.25, -0.2) is 0 Å². The van der Waals surface area contributed by atoms with Gasteiger partial charge in [0.25, 0.3) is 5.91 Å². The number of hydrogen-bond acceptors (Lipinski definition) is 3.